The molecule has 0 aliphatic carbocycles. The van der Waals surface area contributed by atoms with E-state index in [9.17, 15) is 4.79 Å². The third kappa shape index (κ3) is 4.09. The van der Waals surface area contributed by atoms with Gasteiger partial charge in [-0.3, -0.25) is 4.79 Å². The van der Waals surface area contributed by atoms with Gasteiger partial charge in [-0.25, -0.2) is 0 Å². The Balaban J connectivity index is 2.03. The van der Waals surface area contributed by atoms with Crippen molar-refractivity contribution in [3.05, 3.63) is 46.8 Å². The van der Waals surface area contributed by atoms with E-state index in [2.05, 4.69) is 26.1 Å². The highest BCUT2D eigenvalue weighted by Crippen LogP contribution is 2.19. The molecule has 21 heavy (non-hydrogen) atoms. The van der Waals surface area contributed by atoms with Gasteiger partial charge in [-0.05, 0) is 59.3 Å². The van der Waals surface area contributed by atoms with Crippen LogP contribution in [0.4, 0.5) is 11.4 Å². The van der Waals surface area contributed by atoms with Crippen LogP contribution in [-0.4, -0.2) is 30.7 Å². The fourth-order valence-electron chi connectivity index (χ4n) is 1.98. The Bertz CT molecular complexity index is 595. The summed E-state index contributed by atoms with van der Waals surface area (Å²) in [6.45, 7) is 3.54. The molecule has 2 N–H and O–H groups in total. The molecule has 0 bridgehead atoms. The Morgan fingerprint density at radius 3 is 2.52 bits per heavy atom. The summed E-state index contributed by atoms with van der Waals surface area (Å²) in [7, 11) is 0. The van der Waals surface area contributed by atoms with E-state index >= 15 is 0 Å². The van der Waals surface area contributed by atoms with E-state index in [1.54, 1.807) is 12.1 Å². The maximum Gasteiger partial charge on any atom is 0.291 e. The molecule has 0 saturated heterocycles. The van der Waals surface area contributed by atoms with Crippen molar-refractivity contribution in [1.82, 2.24) is 0 Å². The number of halogens is 1. The molecule has 0 saturated carbocycles. The molecular weight excluding hydrogens is 336 g/mol. The van der Waals surface area contributed by atoms with Gasteiger partial charge in [-0.1, -0.05) is 0 Å². The first-order valence-corrected chi connectivity index (χ1v) is 7.46. The minimum Gasteiger partial charge on any atom is -0.444 e. The average Bonchev–Trinajstić information content (AvgIpc) is 2.92. The lowest BCUT2D eigenvalue weighted by atomic mass is 10.2. The van der Waals surface area contributed by atoms with E-state index in [1.165, 1.54) is 0 Å². The van der Waals surface area contributed by atoms with Crippen LogP contribution in [0.2, 0.25) is 0 Å². The van der Waals surface area contributed by atoms with Crippen LogP contribution in [0.1, 0.15) is 17.5 Å². The van der Waals surface area contributed by atoms with E-state index in [-0.39, 0.29) is 18.3 Å². The quantitative estimate of drug-likeness (QED) is 0.838. The zero-order valence-corrected chi connectivity index (χ0v) is 13.3. The number of rotatable bonds is 6. The number of benzene rings is 1. The minimum absolute atomic E-state index is 0.111. The number of nitrogens with one attached hydrogen (secondary N) is 1. The van der Waals surface area contributed by atoms with Crippen molar-refractivity contribution in [3.63, 3.8) is 0 Å². The fourth-order valence-corrected chi connectivity index (χ4v) is 2.28. The maximum atomic E-state index is 11.9. The first-order valence-electron chi connectivity index (χ1n) is 6.66. The highest BCUT2D eigenvalue weighted by atomic mass is 79.9. The molecule has 1 aromatic carbocycles. The SMILES string of the molecule is CCN(CCO)c1ccc(NC(=O)c2ccc(Br)o2)cc1. The molecule has 6 heteroatoms. The molecule has 112 valence electrons. The average molecular weight is 353 g/mol. The highest BCUT2D eigenvalue weighted by Gasteiger charge is 2.11. The fraction of sp³-hybridized carbons (Fsp3) is 0.267. The highest BCUT2D eigenvalue weighted by molar-refractivity contribution is 9.10. The summed E-state index contributed by atoms with van der Waals surface area (Å²) in [4.78, 5) is 14.0. The summed E-state index contributed by atoms with van der Waals surface area (Å²) < 4.78 is 5.72. The largest absolute Gasteiger partial charge is 0.444 e. The maximum absolute atomic E-state index is 11.9. The molecule has 0 aliphatic rings. The predicted octanol–water partition coefficient (Wildman–Crippen LogP) is 3.11. The predicted molar refractivity (Wildman–Crippen MR) is 85.8 cm³/mol. The second kappa shape index (κ2) is 7.28. The molecular formula is C15H17BrN2O3. The van der Waals surface area contributed by atoms with E-state index in [0.29, 0.717) is 16.9 Å². The standard InChI is InChI=1S/C15H17BrN2O3/c1-2-18(9-10-19)12-5-3-11(4-6-12)17-15(20)13-7-8-14(16)21-13/h3-8,19H,2,9-10H2,1H3,(H,17,20). The number of nitrogens with zero attached hydrogens (tertiary/aromatic N) is 1. The third-order valence-corrected chi connectivity index (χ3v) is 3.47. The second-order valence-electron chi connectivity index (χ2n) is 4.41. The van der Waals surface area contributed by atoms with Gasteiger partial charge in [0.05, 0.1) is 6.61 Å². The van der Waals surface area contributed by atoms with Crippen molar-refractivity contribution in [2.45, 2.75) is 6.92 Å². The van der Waals surface area contributed by atoms with Crippen LogP contribution in [0.3, 0.4) is 0 Å². The van der Waals surface area contributed by atoms with Crippen molar-refractivity contribution in [2.24, 2.45) is 0 Å². The van der Waals surface area contributed by atoms with Gasteiger partial charge >= 0.3 is 0 Å². The second-order valence-corrected chi connectivity index (χ2v) is 5.19. The number of aliphatic hydroxyl groups is 1. The van der Waals surface area contributed by atoms with Crippen molar-refractivity contribution < 1.29 is 14.3 Å². The van der Waals surface area contributed by atoms with Gasteiger partial charge in [0.25, 0.3) is 5.91 Å². The van der Waals surface area contributed by atoms with E-state index in [1.807, 2.05) is 31.2 Å². The smallest absolute Gasteiger partial charge is 0.291 e. The lowest BCUT2D eigenvalue weighted by Crippen LogP contribution is -2.26. The van der Waals surface area contributed by atoms with Gasteiger partial charge in [0.1, 0.15) is 0 Å². The molecule has 0 aliphatic heterocycles. The van der Waals surface area contributed by atoms with Crippen LogP contribution in [0.15, 0.2) is 45.5 Å². The lowest BCUT2D eigenvalue weighted by Gasteiger charge is -2.22. The molecule has 1 heterocycles. The third-order valence-electron chi connectivity index (χ3n) is 3.04. The van der Waals surface area contributed by atoms with E-state index in [4.69, 9.17) is 9.52 Å². The number of hydrogen-bond donors (Lipinski definition) is 2. The summed E-state index contributed by atoms with van der Waals surface area (Å²) in [5, 5.41) is 11.8. The van der Waals surface area contributed by atoms with Crippen molar-refractivity contribution in [1.29, 1.82) is 0 Å². The first-order chi connectivity index (χ1) is 10.1. The van der Waals surface area contributed by atoms with Gasteiger partial charge in [0, 0.05) is 24.5 Å². The first kappa shape index (κ1) is 15.6. The van der Waals surface area contributed by atoms with Gasteiger partial charge in [0.2, 0.25) is 0 Å². The Kier molecular flexibility index (Phi) is 5.41. The number of aliphatic hydroxyl groups excluding tert-OH is 1. The van der Waals surface area contributed by atoms with Crippen molar-refractivity contribution in [3.8, 4) is 0 Å². The number of carbonyl (C=O) groups excluding carboxylic acids is 1. The Morgan fingerprint density at radius 1 is 1.29 bits per heavy atom. The summed E-state index contributed by atoms with van der Waals surface area (Å²) in [6.07, 6.45) is 0. The number of anilines is 2. The van der Waals surface area contributed by atoms with Gasteiger partial charge in [-0.15, -0.1) is 0 Å². The molecule has 0 atom stereocenters. The Morgan fingerprint density at radius 2 is 2.00 bits per heavy atom. The van der Waals surface area contributed by atoms with Crippen LogP contribution in [0.5, 0.6) is 0 Å². The van der Waals surface area contributed by atoms with Crippen molar-refractivity contribution >= 4 is 33.2 Å². The lowest BCUT2D eigenvalue weighted by molar-refractivity contribution is 0.0995. The van der Waals surface area contributed by atoms with Crippen molar-refractivity contribution in [2.75, 3.05) is 29.9 Å². The summed E-state index contributed by atoms with van der Waals surface area (Å²) in [6, 6.07) is 10.7. The van der Waals surface area contributed by atoms with Crippen LogP contribution in [0, 0.1) is 0 Å². The Labute approximate surface area is 131 Å². The van der Waals surface area contributed by atoms with Crippen LogP contribution in [-0.2, 0) is 0 Å². The number of amides is 1. The van der Waals surface area contributed by atoms with E-state index in [0.717, 1.165) is 12.2 Å². The summed E-state index contributed by atoms with van der Waals surface area (Å²) >= 11 is 3.16. The molecule has 0 radical (unpaired) electrons. The molecule has 0 fully saturated rings. The Hall–Kier alpha value is -1.79. The topological polar surface area (TPSA) is 65.7 Å². The zero-order valence-electron chi connectivity index (χ0n) is 11.7. The van der Waals surface area contributed by atoms with Gasteiger partial charge < -0.3 is 19.7 Å². The molecule has 2 rings (SSSR count). The minimum atomic E-state index is -0.295. The van der Waals surface area contributed by atoms with Crippen LogP contribution >= 0.6 is 15.9 Å². The molecule has 2 aromatic rings. The number of hydrogen-bond acceptors (Lipinski definition) is 4. The molecule has 1 amide bonds. The van der Waals surface area contributed by atoms with E-state index < -0.39 is 0 Å². The zero-order chi connectivity index (χ0) is 15.2. The number of furan rings is 1. The normalized spacial score (nSPS) is 10.4. The number of carbonyl (C=O) groups is 1. The van der Waals surface area contributed by atoms with Crippen LogP contribution in [0.25, 0.3) is 0 Å². The van der Waals surface area contributed by atoms with Crippen LogP contribution < -0.4 is 10.2 Å². The van der Waals surface area contributed by atoms with Gasteiger partial charge in [-0.2, -0.15) is 0 Å². The molecule has 0 unspecified atom stereocenters. The number of likely N-dealkylation sites (N-methyl/N-ethyl adjacent to an activating group) is 1. The monoisotopic (exact) mass is 352 g/mol. The summed E-state index contributed by atoms with van der Waals surface area (Å²) in [5.41, 5.74) is 1.70. The van der Waals surface area contributed by atoms with Gasteiger partial charge in [0.15, 0.2) is 10.4 Å². The molecule has 0 spiro atoms. The molecule has 1 aromatic heterocycles. The summed E-state index contributed by atoms with van der Waals surface area (Å²) in [5.74, 6) is -0.0439. The molecule has 5 nitrogen and oxygen atoms in total.